The zero-order valence-corrected chi connectivity index (χ0v) is 24.2. The number of nitrogens with zero attached hydrogens (tertiary/aromatic N) is 5. The van der Waals surface area contributed by atoms with E-state index in [2.05, 4.69) is 20.5 Å². The summed E-state index contributed by atoms with van der Waals surface area (Å²) < 4.78 is 0. The molecule has 4 N–H and O–H groups in total. The lowest BCUT2D eigenvalue weighted by Crippen LogP contribution is -2.39. The van der Waals surface area contributed by atoms with Crippen LogP contribution in [0.1, 0.15) is 54.9 Å². The molecule has 1 aliphatic heterocycles. The number of benzene rings is 1. The van der Waals surface area contributed by atoms with Gasteiger partial charge in [-0.05, 0) is 56.5 Å². The van der Waals surface area contributed by atoms with E-state index in [1.165, 1.54) is 17.4 Å². The van der Waals surface area contributed by atoms with Crippen molar-refractivity contribution in [2.45, 2.75) is 39.5 Å². The maximum Gasteiger partial charge on any atom is 0.271 e. The number of aromatic nitrogens is 2. The molecule has 1 aromatic carbocycles. The van der Waals surface area contributed by atoms with Gasteiger partial charge in [0, 0.05) is 45.5 Å². The van der Waals surface area contributed by atoms with Crippen LogP contribution in [0.5, 0.6) is 0 Å². The highest BCUT2D eigenvalue weighted by Crippen LogP contribution is 2.26. The molecule has 1 aromatic heterocycles. The number of nitrogens with two attached hydrogens (primary N) is 1. The van der Waals surface area contributed by atoms with E-state index < -0.39 is 5.91 Å². The monoisotopic (exact) mass is 550 g/mol. The maximum atomic E-state index is 12.5. The Kier molecular flexibility index (Phi) is 11.0. The van der Waals surface area contributed by atoms with Crippen LogP contribution >= 0.6 is 0 Å². The average molecular weight is 551 g/mol. The zero-order valence-electron chi connectivity index (χ0n) is 24.2. The maximum absolute atomic E-state index is 12.5. The summed E-state index contributed by atoms with van der Waals surface area (Å²) in [7, 11) is 3.54. The summed E-state index contributed by atoms with van der Waals surface area (Å²) in [6, 6.07) is 7.68. The fourth-order valence-electron chi connectivity index (χ4n) is 4.20. The molecule has 1 fully saturated rings. The van der Waals surface area contributed by atoms with Crippen LogP contribution in [0.15, 0.2) is 36.4 Å². The molecule has 0 spiro atoms. The summed E-state index contributed by atoms with van der Waals surface area (Å²) >= 11 is 0. The number of aryl methyl sites for hydroxylation is 1. The van der Waals surface area contributed by atoms with Crippen molar-refractivity contribution in [3.63, 3.8) is 0 Å². The molecule has 2 heterocycles. The molecule has 2 aromatic rings. The second kappa shape index (κ2) is 14.4. The number of likely N-dealkylation sites (N-methyl/N-ethyl adjacent to an activating group) is 1. The Morgan fingerprint density at radius 2 is 1.93 bits per heavy atom. The molecule has 0 radical (unpaired) electrons. The number of primary amides is 1. The van der Waals surface area contributed by atoms with Crippen LogP contribution in [0.2, 0.25) is 0 Å². The van der Waals surface area contributed by atoms with Gasteiger partial charge < -0.3 is 26.2 Å². The highest BCUT2D eigenvalue weighted by atomic mass is 16.2. The molecule has 3 rings (SSSR count). The summed E-state index contributed by atoms with van der Waals surface area (Å²) in [5.41, 5.74) is 8.12. The number of carbonyl (C=O) groups excluding carboxylic acids is 3. The third-order valence-corrected chi connectivity index (χ3v) is 7.00. The van der Waals surface area contributed by atoms with Gasteiger partial charge in [-0.1, -0.05) is 32.1 Å². The zero-order chi connectivity index (χ0) is 29.2. The number of likely N-dealkylation sites (tertiary alicyclic amines) is 1. The van der Waals surface area contributed by atoms with Crippen LogP contribution in [0, 0.1) is 0 Å². The Hall–Kier alpha value is -3.99. The van der Waals surface area contributed by atoms with Gasteiger partial charge in [0.2, 0.25) is 11.8 Å². The average Bonchev–Trinajstić information content (AvgIpc) is 2.92. The minimum Gasteiger partial charge on any atom is -0.364 e. The van der Waals surface area contributed by atoms with Gasteiger partial charge in [0.1, 0.15) is 0 Å². The Labute approximate surface area is 236 Å². The first-order valence-electron chi connectivity index (χ1n) is 13.8. The molecular formula is C29H42N8O3. The largest absolute Gasteiger partial charge is 0.364 e. The lowest BCUT2D eigenvalue weighted by Gasteiger charge is -2.29. The van der Waals surface area contributed by atoms with Crippen LogP contribution in [0.4, 0.5) is 17.3 Å². The van der Waals surface area contributed by atoms with E-state index in [1.54, 1.807) is 7.05 Å². The predicted octanol–water partition coefficient (Wildman–Crippen LogP) is 2.28. The van der Waals surface area contributed by atoms with Crippen LogP contribution in [-0.4, -0.2) is 90.9 Å². The number of hydrogen-bond donors (Lipinski definition) is 3. The van der Waals surface area contributed by atoms with Crippen molar-refractivity contribution in [1.29, 1.82) is 0 Å². The normalized spacial score (nSPS) is 13.9. The molecule has 0 saturated carbocycles. The first-order valence-corrected chi connectivity index (χ1v) is 13.8. The Bertz CT molecular complexity index is 1230. The molecule has 1 aliphatic rings. The lowest BCUT2D eigenvalue weighted by molar-refractivity contribution is -0.131. The van der Waals surface area contributed by atoms with Gasteiger partial charge in [-0.15, -0.1) is 0 Å². The molecule has 1 unspecified atom stereocenters. The highest BCUT2D eigenvalue weighted by molar-refractivity contribution is 5.96. The topological polar surface area (TPSA) is 137 Å². The first-order chi connectivity index (χ1) is 19.1. The molecular weight excluding hydrogens is 508 g/mol. The van der Waals surface area contributed by atoms with Crippen molar-refractivity contribution >= 4 is 35.0 Å². The van der Waals surface area contributed by atoms with Crippen LogP contribution < -0.4 is 21.3 Å². The van der Waals surface area contributed by atoms with E-state index in [4.69, 9.17) is 10.7 Å². The molecule has 1 atom stereocenters. The fourth-order valence-corrected chi connectivity index (χ4v) is 4.20. The van der Waals surface area contributed by atoms with Gasteiger partial charge in [-0.2, -0.15) is 0 Å². The minimum atomic E-state index is -0.655. The van der Waals surface area contributed by atoms with Crippen LogP contribution in [0.3, 0.4) is 0 Å². The van der Waals surface area contributed by atoms with Gasteiger partial charge in [0.15, 0.2) is 17.3 Å². The number of carbonyl (C=O) groups is 3. The third-order valence-electron chi connectivity index (χ3n) is 7.00. The number of nitrogens with one attached hydrogen (secondary N) is 2. The van der Waals surface area contributed by atoms with Crippen LogP contribution in [-0.2, 0) is 16.0 Å². The number of hydrogen-bond acceptors (Lipinski definition) is 8. The van der Waals surface area contributed by atoms with Crippen molar-refractivity contribution < 1.29 is 14.4 Å². The van der Waals surface area contributed by atoms with E-state index >= 15 is 0 Å². The van der Waals surface area contributed by atoms with Crippen molar-refractivity contribution in [2.75, 3.05) is 63.6 Å². The van der Waals surface area contributed by atoms with Gasteiger partial charge >= 0.3 is 0 Å². The predicted molar refractivity (Wildman–Crippen MR) is 158 cm³/mol. The summed E-state index contributed by atoms with van der Waals surface area (Å²) in [4.78, 5) is 51.8. The van der Waals surface area contributed by atoms with E-state index in [-0.39, 0.29) is 30.0 Å². The molecule has 1 saturated heterocycles. The SMILES string of the molecule is CCc1nc(C(N)=O)c(Nc2cccc(C(C)CNC(=O)CN(C)C(=O)/C=C/CN3CCC3)c2)nc1N(C)CC. The summed E-state index contributed by atoms with van der Waals surface area (Å²) in [6.45, 7) is 9.99. The molecule has 0 aliphatic carbocycles. The standard InChI is InChI=1S/C29H42N8O3/c1-6-23-29(35(4)7-2)34-28(26(33-23)27(30)40)32-22-12-8-11-21(17-22)20(3)18-31-24(38)19-36(5)25(39)13-9-14-37-15-10-16-37/h8-9,11-13,17,20H,6-7,10,14-16,18-19H2,1-5H3,(H2,30,40)(H,31,38)(H,32,34)/b13-9+. The second-order valence-corrected chi connectivity index (χ2v) is 10.1. The summed E-state index contributed by atoms with van der Waals surface area (Å²) in [5, 5.41) is 6.13. The van der Waals surface area contributed by atoms with Gasteiger partial charge in [-0.3, -0.25) is 19.3 Å². The quantitative estimate of drug-likeness (QED) is 0.305. The fraction of sp³-hybridized carbons (Fsp3) is 0.483. The second-order valence-electron chi connectivity index (χ2n) is 10.1. The van der Waals surface area contributed by atoms with Crippen molar-refractivity contribution in [2.24, 2.45) is 5.73 Å². The minimum absolute atomic E-state index is 0.00548. The summed E-state index contributed by atoms with van der Waals surface area (Å²) in [5.74, 6) is -0.0874. The smallest absolute Gasteiger partial charge is 0.271 e. The van der Waals surface area contributed by atoms with Crippen molar-refractivity contribution in [1.82, 2.24) is 25.1 Å². The first kappa shape index (κ1) is 30.6. The Morgan fingerprint density at radius 3 is 2.55 bits per heavy atom. The van der Waals surface area contributed by atoms with Gasteiger partial charge in [0.25, 0.3) is 5.91 Å². The van der Waals surface area contributed by atoms with E-state index in [0.29, 0.717) is 30.3 Å². The van der Waals surface area contributed by atoms with E-state index in [9.17, 15) is 14.4 Å². The van der Waals surface area contributed by atoms with Crippen LogP contribution in [0.25, 0.3) is 0 Å². The molecule has 11 nitrogen and oxygen atoms in total. The molecule has 3 amide bonds. The Morgan fingerprint density at radius 1 is 1.18 bits per heavy atom. The van der Waals surface area contributed by atoms with Gasteiger partial charge in [0.05, 0.1) is 12.2 Å². The Balaban J connectivity index is 1.61. The third kappa shape index (κ3) is 8.25. The summed E-state index contributed by atoms with van der Waals surface area (Å²) in [6.07, 6.45) is 5.19. The van der Waals surface area contributed by atoms with Crippen molar-refractivity contribution in [3.8, 4) is 0 Å². The van der Waals surface area contributed by atoms with E-state index in [1.807, 2.05) is 63.1 Å². The molecule has 11 heteroatoms. The number of anilines is 3. The highest BCUT2D eigenvalue weighted by Gasteiger charge is 2.19. The van der Waals surface area contributed by atoms with Crippen molar-refractivity contribution in [3.05, 3.63) is 53.4 Å². The molecule has 0 bridgehead atoms. The number of amides is 3. The lowest BCUT2D eigenvalue weighted by atomic mass is 10.0. The molecule has 216 valence electrons. The van der Waals surface area contributed by atoms with Gasteiger partial charge in [-0.25, -0.2) is 9.97 Å². The molecule has 40 heavy (non-hydrogen) atoms. The van der Waals surface area contributed by atoms with E-state index in [0.717, 1.165) is 37.4 Å². The number of rotatable bonds is 14.